The first-order valence-electron chi connectivity index (χ1n) is 9.77. The third-order valence-corrected chi connectivity index (χ3v) is 5.17. The molecule has 0 radical (unpaired) electrons. The van der Waals surface area contributed by atoms with Crippen molar-refractivity contribution in [1.29, 1.82) is 0 Å². The number of ether oxygens (including phenoxy) is 1. The molecule has 3 heterocycles. The minimum Gasteiger partial charge on any atom is -0.496 e. The molecule has 1 aliphatic rings. The van der Waals surface area contributed by atoms with Crippen LogP contribution in [0.3, 0.4) is 0 Å². The molecule has 0 bridgehead atoms. The number of carbonyl (C=O) groups excluding carboxylic acids is 1. The molecule has 150 valence electrons. The van der Waals surface area contributed by atoms with Gasteiger partial charge in [-0.15, -0.1) is 0 Å². The minimum absolute atomic E-state index is 0.126. The maximum atomic E-state index is 12.8. The van der Waals surface area contributed by atoms with Crippen LogP contribution in [0.15, 0.2) is 54.9 Å². The minimum atomic E-state index is 0.126. The van der Waals surface area contributed by atoms with Gasteiger partial charge >= 0.3 is 0 Å². The summed E-state index contributed by atoms with van der Waals surface area (Å²) in [6, 6.07) is 13.6. The first-order valence-corrected chi connectivity index (χ1v) is 9.77. The van der Waals surface area contributed by atoms with Crippen molar-refractivity contribution in [3.63, 3.8) is 0 Å². The highest BCUT2D eigenvalue weighted by Gasteiger charge is 2.23. The number of hydrogen-bond acceptors (Lipinski definition) is 5. The van der Waals surface area contributed by atoms with Crippen LogP contribution < -0.4 is 9.64 Å². The smallest absolute Gasteiger partial charge is 0.227 e. The zero-order valence-electron chi connectivity index (χ0n) is 16.8. The summed E-state index contributed by atoms with van der Waals surface area (Å²) in [6.45, 7) is 4.76. The molecule has 1 amide bonds. The Morgan fingerprint density at radius 1 is 1.00 bits per heavy atom. The van der Waals surface area contributed by atoms with Gasteiger partial charge in [-0.25, -0.2) is 9.97 Å². The van der Waals surface area contributed by atoms with Gasteiger partial charge in [-0.05, 0) is 25.1 Å². The number of carbonyl (C=O) groups is 1. The second-order valence-electron chi connectivity index (χ2n) is 7.08. The second-order valence-corrected chi connectivity index (χ2v) is 7.08. The third-order valence-electron chi connectivity index (χ3n) is 5.17. The maximum absolute atomic E-state index is 12.8. The fourth-order valence-electron chi connectivity index (χ4n) is 3.63. The number of amides is 1. The summed E-state index contributed by atoms with van der Waals surface area (Å²) in [7, 11) is 1.63. The number of para-hydroxylation sites is 1. The summed E-state index contributed by atoms with van der Waals surface area (Å²) in [5, 5.41) is 0. The molecule has 7 nitrogen and oxygen atoms in total. The van der Waals surface area contributed by atoms with Gasteiger partial charge in [0.05, 0.1) is 13.5 Å². The average molecular weight is 391 g/mol. The van der Waals surface area contributed by atoms with Crippen molar-refractivity contribution in [2.45, 2.75) is 13.3 Å². The third kappa shape index (κ3) is 4.23. The van der Waals surface area contributed by atoms with Crippen molar-refractivity contribution in [1.82, 2.24) is 19.4 Å². The van der Waals surface area contributed by atoms with Crippen LogP contribution in [0.1, 0.15) is 11.4 Å². The normalized spacial score (nSPS) is 14.1. The van der Waals surface area contributed by atoms with E-state index < -0.39 is 0 Å². The maximum Gasteiger partial charge on any atom is 0.227 e. The topological polar surface area (TPSA) is 63.5 Å². The molecule has 4 rings (SSSR count). The van der Waals surface area contributed by atoms with E-state index in [4.69, 9.17) is 4.74 Å². The van der Waals surface area contributed by atoms with Crippen LogP contribution in [0.2, 0.25) is 0 Å². The van der Waals surface area contributed by atoms with Crippen molar-refractivity contribution in [2.24, 2.45) is 0 Å². The van der Waals surface area contributed by atoms with Crippen LogP contribution in [0.25, 0.3) is 5.82 Å². The lowest BCUT2D eigenvalue weighted by atomic mass is 10.1. The van der Waals surface area contributed by atoms with Crippen molar-refractivity contribution in [2.75, 3.05) is 38.2 Å². The molecule has 1 fully saturated rings. The van der Waals surface area contributed by atoms with Crippen LogP contribution in [-0.2, 0) is 11.2 Å². The van der Waals surface area contributed by atoms with Crippen LogP contribution in [0.5, 0.6) is 5.75 Å². The van der Waals surface area contributed by atoms with Crippen LogP contribution in [0.4, 0.5) is 5.82 Å². The number of benzene rings is 1. The number of anilines is 1. The highest BCUT2D eigenvalue weighted by Crippen LogP contribution is 2.21. The van der Waals surface area contributed by atoms with Gasteiger partial charge in [0.2, 0.25) is 5.91 Å². The van der Waals surface area contributed by atoms with Crippen molar-refractivity contribution in [3.8, 4) is 11.6 Å². The summed E-state index contributed by atoms with van der Waals surface area (Å²) < 4.78 is 7.34. The van der Waals surface area contributed by atoms with Gasteiger partial charge in [0.15, 0.2) is 0 Å². The molecule has 1 aliphatic heterocycles. The number of nitrogens with zero attached hydrogens (tertiary/aromatic N) is 5. The van der Waals surface area contributed by atoms with Crippen LogP contribution in [-0.4, -0.2) is 58.6 Å². The molecule has 3 aromatic rings. The van der Waals surface area contributed by atoms with E-state index in [0.717, 1.165) is 41.9 Å². The van der Waals surface area contributed by atoms with E-state index in [-0.39, 0.29) is 5.91 Å². The summed E-state index contributed by atoms with van der Waals surface area (Å²) in [4.78, 5) is 26.0. The summed E-state index contributed by atoms with van der Waals surface area (Å²) in [5.41, 5.74) is 0.921. The number of piperazine rings is 1. The molecule has 0 unspecified atom stereocenters. The molecule has 1 aromatic carbocycles. The number of aryl methyl sites for hydroxylation is 1. The van der Waals surface area contributed by atoms with E-state index in [1.54, 1.807) is 7.11 Å². The average Bonchev–Trinajstić information content (AvgIpc) is 3.29. The Hall–Kier alpha value is -3.35. The lowest BCUT2D eigenvalue weighted by molar-refractivity contribution is -0.130. The predicted molar refractivity (Wildman–Crippen MR) is 112 cm³/mol. The van der Waals surface area contributed by atoms with Crippen molar-refractivity contribution < 1.29 is 9.53 Å². The predicted octanol–water partition coefficient (Wildman–Crippen LogP) is 2.48. The Balaban J connectivity index is 1.41. The summed E-state index contributed by atoms with van der Waals surface area (Å²) in [6.07, 6.45) is 4.30. The van der Waals surface area contributed by atoms with E-state index in [2.05, 4.69) is 14.9 Å². The monoisotopic (exact) mass is 391 g/mol. The number of aromatic nitrogens is 3. The SMILES string of the molecule is COc1ccccc1CC(=O)N1CCN(c2cc(-n3cccc3)nc(C)n2)CC1. The molecule has 0 spiro atoms. The molecule has 0 aliphatic carbocycles. The standard InChI is InChI=1S/C22H25N5O2/c1-17-23-20(25-9-5-6-10-25)16-21(24-17)26-11-13-27(14-12-26)22(28)15-18-7-3-4-8-19(18)29-2/h3-10,16H,11-15H2,1-2H3. The van der Waals surface area contributed by atoms with E-state index in [1.165, 1.54) is 0 Å². The first kappa shape index (κ1) is 19.0. The lowest BCUT2D eigenvalue weighted by Gasteiger charge is -2.35. The van der Waals surface area contributed by atoms with Gasteiger partial charge in [-0.2, -0.15) is 0 Å². The first-order chi connectivity index (χ1) is 14.1. The zero-order valence-corrected chi connectivity index (χ0v) is 16.8. The zero-order chi connectivity index (χ0) is 20.2. The molecule has 7 heteroatoms. The Morgan fingerprint density at radius 3 is 2.41 bits per heavy atom. The van der Waals surface area contributed by atoms with Gasteiger partial charge in [0.1, 0.15) is 23.2 Å². The van der Waals surface area contributed by atoms with E-state index in [1.807, 2.05) is 71.2 Å². The number of rotatable bonds is 5. The molecule has 0 N–H and O–H groups in total. The van der Waals surface area contributed by atoms with E-state index in [0.29, 0.717) is 19.5 Å². The van der Waals surface area contributed by atoms with Crippen LogP contribution in [0, 0.1) is 6.92 Å². The molecular weight excluding hydrogens is 366 g/mol. The molecule has 29 heavy (non-hydrogen) atoms. The van der Waals surface area contributed by atoms with Gasteiger partial charge in [-0.1, -0.05) is 18.2 Å². The highest BCUT2D eigenvalue weighted by molar-refractivity contribution is 5.79. The molecule has 0 saturated carbocycles. The number of hydrogen-bond donors (Lipinski definition) is 0. The van der Waals surface area contributed by atoms with E-state index in [9.17, 15) is 4.79 Å². The summed E-state index contributed by atoms with van der Waals surface area (Å²) >= 11 is 0. The Morgan fingerprint density at radius 2 is 1.69 bits per heavy atom. The molecule has 2 aromatic heterocycles. The summed E-state index contributed by atoms with van der Waals surface area (Å²) in [5.74, 6) is 3.38. The fraction of sp³-hybridized carbons (Fsp3) is 0.318. The van der Waals surface area contributed by atoms with Crippen molar-refractivity contribution in [3.05, 3.63) is 66.2 Å². The second kappa shape index (κ2) is 8.34. The van der Waals surface area contributed by atoms with Crippen molar-refractivity contribution >= 4 is 11.7 Å². The van der Waals surface area contributed by atoms with Gasteiger partial charge in [-0.3, -0.25) is 4.79 Å². The highest BCUT2D eigenvalue weighted by atomic mass is 16.5. The molecule has 0 atom stereocenters. The van der Waals surface area contributed by atoms with Gasteiger partial charge < -0.3 is 19.1 Å². The molecular formula is C22H25N5O2. The lowest BCUT2D eigenvalue weighted by Crippen LogP contribution is -2.49. The van der Waals surface area contributed by atoms with Crippen LogP contribution >= 0.6 is 0 Å². The largest absolute Gasteiger partial charge is 0.496 e. The van der Waals surface area contributed by atoms with Gasteiger partial charge in [0, 0.05) is 50.2 Å². The van der Waals surface area contributed by atoms with E-state index >= 15 is 0 Å². The molecule has 1 saturated heterocycles. The fourth-order valence-corrected chi connectivity index (χ4v) is 3.63. The Labute approximate surface area is 170 Å². The quantitative estimate of drug-likeness (QED) is 0.669. The Kier molecular flexibility index (Phi) is 5.46. The van der Waals surface area contributed by atoms with Gasteiger partial charge in [0.25, 0.3) is 0 Å². The number of methoxy groups -OCH3 is 1. The Bertz CT molecular complexity index is 979.